The van der Waals surface area contributed by atoms with Crippen LogP contribution in [0.15, 0.2) is 36.7 Å². The van der Waals surface area contributed by atoms with Crippen molar-refractivity contribution in [2.24, 2.45) is 0 Å². The van der Waals surface area contributed by atoms with Gasteiger partial charge >= 0.3 is 0 Å². The van der Waals surface area contributed by atoms with Crippen molar-refractivity contribution in [3.63, 3.8) is 0 Å². The van der Waals surface area contributed by atoms with Crippen LogP contribution < -0.4 is 10.6 Å². The number of anilines is 1. The Balaban J connectivity index is 1.84. The highest BCUT2D eigenvalue weighted by atomic mass is 16.1. The lowest BCUT2D eigenvalue weighted by Gasteiger charge is -2.17. The zero-order valence-electron chi connectivity index (χ0n) is 15.0. The lowest BCUT2D eigenvalue weighted by Crippen LogP contribution is -2.35. The molecule has 0 unspecified atom stereocenters. The Bertz CT molecular complexity index is 964. The van der Waals surface area contributed by atoms with Crippen molar-refractivity contribution in [3.8, 4) is 11.1 Å². The summed E-state index contributed by atoms with van der Waals surface area (Å²) in [7, 11) is 2.04. The number of likely N-dealkylation sites (N-methyl/N-ethyl adjacent to an activating group) is 1. The summed E-state index contributed by atoms with van der Waals surface area (Å²) >= 11 is 0. The number of rotatable bonds is 0. The molecule has 3 heterocycles. The van der Waals surface area contributed by atoms with Crippen molar-refractivity contribution in [2.45, 2.75) is 6.92 Å². The maximum atomic E-state index is 12.6. The minimum absolute atomic E-state index is 0.0542. The molecule has 0 radical (unpaired) electrons. The van der Waals surface area contributed by atoms with Crippen LogP contribution in [-0.4, -0.2) is 58.6 Å². The van der Waals surface area contributed by atoms with Crippen molar-refractivity contribution >= 4 is 17.4 Å². The maximum Gasteiger partial charge on any atom is 0.251 e. The summed E-state index contributed by atoms with van der Waals surface area (Å²) in [6.07, 6.45) is 3.70. The van der Waals surface area contributed by atoms with Crippen LogP contribution in [0.25, 0.3) is 16.8 Å². The Kier molecular flexibility index (Phi) is 4.30. The van der Waals surface area contributed by atoms with Gasteiger partial charge in [0.05, 0.1) is 6.20 Å². The number of carbonyl (C=O) groups is 1. The number of hydrogen-bond acceptors (Lipinski definition) is 5. The van der Waals surface area contributed by atoms with Crippen LogP contribution in [0.2, 0.25) is 0 Å². The van der Waals surface area contributed by atoms with Crippen LogP contribution in [-0.2, 0) is 0 Å². The summed E-state index contributed by atoms with van der Waals surface area (Å²) in [5.74, 6) is 0.770. The minimum atomic E-state index is -0.0542. The summed E-state index contributed by atoms with van der Waals surface area (Å²) in [4.78, 5) is 19.5. The van der Waals surface area contributed by atoms with Crippen LogP contribution in [0.5, 0.6) is 0 Å². The van der Waals surface area contributed by atoms with Crippen molar-refractivity contribution in [1.29, 1.82) is 0 Å². The minimum Gasteiger partial charge on any atom is -0.369 e. The zero-order chi connectivity index (χ0) is 18.1. The Morgan fingerprint density at radius 1 is 1.08 bits per heavy atom. The summed E-state index contributed by atoms with van der Waals surface area (Å²) in [6, 6.07) is 7.80. The zero-order valence-corrected chi connectivity index (χ0v) is 15.0. The lowest BCUT2D eigenvalue weighted by molar-refractivity contribution is 0.0950. The molecule has 3 aromatic rings. The van der Waals surface area contributed by atoms with Gasteiger partial charge in [0.15, 0.2) is 5.65 Å². The molecular weight excluding hydrogens is 328 g/mol. The van der Waals surface area contributed by atoms with E-state index in [1.54, 1.807) is 10.7 Å². The van der Waals surface area contributed by atoms with Gasteiger partial charge in [0, 0.05) is 43.5 Å². The van der Waals surface area contributed by atoms with E-state index >= 15 is 0 Å². The Morgan fingerprint density at radius 2 is 1.85 bits per heavy atom. The topological polar surface area (TPSA) is 74.6 Å². The Hall–Kier alpha value is -2.93. The van der Waals surface area contributed by atoms with Crippen molar-refractivity contribution in [3.05, 3.63) is 47.8 Å². The van der Waals surface area contributed by atoms with Gasteiger partial charge in [-0.3, -0.25) is 4.79 Å². The fourth-order valence-corrected chi connectivity index (χ4v) is 3.19. The molecule has 7 heteroatoms. The number of aryl methyl sites for hydroxylation is 1. The van der Waals surface area contributed by atoms with Crippen LogP contribution in [0.1, 0.15) is 15.9 Å². The highest BCUT2D eigenvalue weighted by Crippen LogP contribution is 2.26. The van der Waals surface area contributed by atoms with E-state index in [9.17, 15) is 4.79 Å². The molecule has 0 saturated carbocycles. The highest BCUT2D eigenvalue weighted by molar-refractivity contribution is 5.96. The van der Waals surface area contributed by atoms with E-state index < -0.39 is 0 Å². The average molecular weight is 350 g/mol. The number of fused-ring (bicyclic) bond motifs is 4. The molecule has 1 amide bonds. The summed E-state index contributed by atoms with van der Waals surface area (Å²) in [6.45, 7) is 5.05. The number of carbonyl (C=O) groups excluding carboxylic acids is 1. The second kappa shape index (κ2) is 6.76. The van der Waals surface area contributed by atoms with E-state index in [0.717, 1.165) is 47.8 Å². The second-order valence-electron chi connectivity index (χ2n) is 6.71. The SMILES string of the molecule is Cc1cc2cc(c1)-c1cnn3ccc(nc13)NCCN(C)CCNC2=O. The first-order chi connectivity index (χ1) is 12.6. The molecule has 0 atom stereocenters. The van der Waals surface area contributed by atoms with Crippen molar-refractivity contribution < 1.29 is 4.79 Å². The quantitative estimate of drug-likeness (QED) is 0.647. The number of amides is 1. The molecule has 4 bridgehead atoms. The van der Waals surface area contributed by atoms with E-state index in [4.69, 9.17) is 4.98 Å². The standard InChI is InChI=1S/C19H22N6O/c1-13-9-14-11-15(10-13)19(26)21-5-8-24(2)7-4-20-17-3-6-25-18(23-17)16(14)12-22-25/h3,6,9-12H,4-5,7-8H2,1-2H3,(H,20,23)(H,21,26). The molecule has 1 aromatic carbocycles. The summed E-state index contributed by atoms with van der Waals surface area (Å²) < 4.78 is 1.76. The molecule has 4 rings (SSSR count). The predicted molar refractivity (Wildman–Crippen MR) is 101 cm³/mol. The highest BCUT2D eigenvalue weighted by Gasteiger charge is 2.14. The van der Waals surface area contributed by atoms with E-state index in [1.807, 2.05) is 38.4 Å². The van der Waals surface area contributed by atoms with Crippen LogP contribution in [0.4, 0.5) is 5.82 Å². The molecule has 2 N–H and O–H groups in total. The first-order valence-corrected chi connectivity index (χ1v) is 8.77. The largest absolute Gasteiger partial charge is 0.369 e. The van der Waals surface area contributed by atoms with Gasteiger partial charge in [0.1, 0.15) is 5.82 Å². The number of nitrogens with zero attached hydrogens (tertiary/aromatic N) is 4. The number of benzene rings is 1. The lowest BCUT2D eigenvalue weighted by atomic mass is 10.0. The Morgan fingerprint density at radius 3 is 2.69 bits per heavy atom. The van der Waals surface area contributed by atoms with Crippen molar-refractivity contribution in [2.75, 3.05) is 38.5 Å². The van der Waals surface area contributed by atoms with Crippen molar-refractivity contribution in [1.82, 2.24) is 24.8 Å². The van der Waals surface area contributed by atoms with Crippen LogP contribution in [0, 0.1) is 6.92 Å². The van der Waals surface area contributed by atoms with Gasteiger partial charge in [-0.2, -0.15) is 5.10 Å². The molecule has 0 spiro atoms. The number of nitrogens with one attached hydrogen (secondary N) is 2. The second-order valence-corrected chi connectivity index (χ2v) is 6.71. The van der Waals surface area contributed by atoms with Gasteiger partial charge in [-0.25, -0.2) is 9.50 Å². The van der Waals surface area contributed by atoms with Gasteiger partial charge in [0.25, 0.3) is 5.91 Å². The number of aromatic nitrogens is 3. The molecule has 2 aromatic heterocycles. The first kappa shape index (κ1) is 16.5. The van der Waals surface area contributed by atoms with Gasteiger partial charge in [-0.15, -0.1) is 0 Å². The molecule has 7 nitrogen and oxygen atoms in total. The molecule has 0 fully saturated rings. The van der Waals surface area contributed by atoms with E-state index in [2.05, 4.69) is 26.7 Å². The average Bonchev–Trinajstić information content (AvgIpc) is 3.03. The van der Waals surface area contributed by atoms with E-state index in [-0.39, 0.29) is 5.91 Å². The fraction of sp³-hybridized carbons (Fsp3) is 0.316. The molecule has 0 saturated heterocycles. The van der Waals surface area contributed by atoms with Gasteiger partial charge in [-0.05, 0) is 43.3 Å². The van der Waals surface area contributed by atoms with Gasteiger partial charge < -0.3 is 15.5 Å². The predicted octanol–water partition coefficient (Wildman–Crippen LogP) is 1.79. The molecule has 134 valence electrons. The maximum absolute atomic E-state index is 12.6. The summed E-state index contributed by atoms with van der Waals surface area (Å²) in [5.41, 5.74) is 4.32. The van der Waals surface area contributed by atoms with Crippen LogP contribution in [0.3, 0.4) is 0 Å². The van der Waals surface area contributed by atoms with Gasteiger partial charge in [-0.1, -0.05) is 6.07 Å². The van der Waals surface area contributed by atoms with Crippen LogP contribution >= 0.6 is 0 Å². The molecular formula is C19H22N6O. The third-order valence-electron chi connectivity index (χ3n) is 4.60. The smallest absolute Gasteiger partial charge is 0.251 e. The Labute approximate surface area is 152 Å². The molecule has 0 aliphatic carbocycles. The fourth-order valence-electron chi connectivity index (χ4n) is 3.19. The van der Waals surface area contributed by atoms with E-state index in [0.29, 0.717) is 12.1 Å². The first-order valence-electron chi connectivity index (χ1n) is 8.77. The monoisotopic (exact) mass is 350 g/mol. The molecule has 1 aliphatic rings. The summed E-state index contributed by atoms with van der Waals surface area (Å²) in [5, 5.41) is 10.8. The number of hydrogen-bond donors (Lipinski definition) is 2. The van der Waals surface area contributed by atoms with E-state index in [1.165, 1.54) is 0 Å². The third kappa shape index (κ3) is 3.25. The molecule has 1 aliphatic heterocycles. The van der Waals surface area contributed by atoms with Gasteiger partial charge in [0.2, 0.25) is 0 Å². The normalized spacial score (nSPS) is 16.0. The third-order valence-corrected chi connectivity index (χ3v) is 4.60. The molecule has 26 heavy (non-hydrogen) atoms.